The van der Waals surface area contributed by atoms with Crippen molar-refractivity contribution in [1.82, 2.24) is 5.32 Å². The number of benzene rings is 1. The lowest BCUT2D eigenvalue weighted by atomic mass is 9.91. The van der Waals surface area contributed by atoms with Crippen LogP contribution in [-0.4, -0.2) is 13.1 Å². The van der Waals surface area contributed by atoms with Gasteiger partial charge in [-0.05, 0) is 56.1 Å². The number of rotatable bonds is 1. The molecule has 0 radical (unpaired) electrons. The van der Waals surface area contributed by atoms with Crippen LogP contribution in [0, 0.1) is 0 Å². The number of allylic oxidation sites excluding steroid dienone is 1. The Morgan fingerprint density at radius 3 is 2.42 bits per heavy atom. The molecule has 3 N–H and O–H groups in total. The minimum absolute atomic E-state index is 0.138. The Labute approximate surface area is 110 Å². The van der Waals surface area contributed by atoms with Gasteiger partial charge in [-0.15, -0.1) is 0 Å². The predicted molar refractivity (Wildman–Crippen MR) is 70.6 cm³/mol. The first-order valence-electron chi connectivity index (χ1n) is 6.26. The summed E-state index contributed by atoms with van der Waals surface area (Å²) in [5.74, 6) is 0. The van der Waals surface area contributed by atoms with Crippen LogP contribution < -0.4 is 11.1 Å². The standard InChI is InChI=1S/C14H17F3N2/c1-9(10-4-6-19-7-5-10)12-3-2-11(18)8-13(12)14(15,16)17/h2-3,8,19H,4-7,18H2,1H3. The van der Waals surface area contributed by atoms with Crippen molar-refractivity contribution >= 4 is 11.3 Å². The quantitative estimate of drug-likeness (QED) is 0.767. The van der Waals surface area contributed by atoms with E-state index in [2.05, 4.69) is 5.32 Å². The summed E-state index contributed by atoms with van der Waals surface area (Å²) in [6.45, 7) is 3.41. The van der Waals surface area contributed by atoms with Crippen molar-refractivity contribution in [2.75, 3.05) is 18.8 Å². The average Bonchev–Trinajstić information content (AvgIpc) is 2.38. The van der Waals surface area contributed by atoms with Crippen molar-refractivity contribution in [1.29, 1.82) is 0 Å². The second-order valence-electron chi connectivity index (χ2n) is 4.78. The molecule has 1 saturated heterocycles. The second kappa shape index (κ2) is 5.25. The van der Waals surface area contributed by atoms with Crippen molar-refractivity contribution in [3.05, 3.63) is 34.9 Å². The fourth-order valence-corrected chi connectivity index (χ4v) is 2.42. The van der Waals surface area contributed by atoms with Gasteiger partial charge in [-0.3, -0.25) is 0 Å². The van der Waals surface area contributed by atoms with Gasteiger partial charge in [-0.1, -0.05) is 11.6 Å². The highest BCUT2D eigenvalue weighted by Crippen LogP contribution is 2.37. The lowest BCUT2D eigenvalue weighted by molar-refractivity contribution is -0.137. The molecule has 0 aromatic heterocycles. The van der Waals surface area contributed by atoms with Crippen LogP contribution in [0.25, 0.3) is 5.57 Å². The minimum atomic E-state index is -4.38. The molecule has 0 spiro atoms. The Balaban J connectivity index is 2.50. The van der Waals surface area contributed by atoms with Gasteiger partial charge in [0, 0.05) is 5.69 Å². The van der Waals surface area contributed by atoms with Crippen molar-refractivity contribution in [3.63, 3.8) is 0 Å². The van der Waals surface area contributed by atoms with Crippen LogP contribution >= 0.6 is 0 Å². The summed E-state index contributed by atoms with van der Waals surface area (Å²) >= 11 is 0. The van der Waals surface area contributed by atoms with E-state index in [1.807, 2.05) is 0 Å². The fourth-order valence-electron chi connectivity index (χ4n) is 2.42. The molecule has 1 heterocycles. The number of hydrogen-bond acceptors (Lipinski definition) is 2. The third kappa shape index (κ3) is 3.10. The first-order valence-corrected chi connectivity index (χ1v) is 6.26. The molecule has 0 atom stereocenters. The molecule has 1 fully saturated rings. The molecule has 19 heavy (non-hydrogen) atoms. The van der Waals surface area contributed by atoms with Crippen LogP contribution in [0.15, 0.2) is 23.8 Å². The van der Waals surface area contributed by atoms with E-state index in [0.717, 1.165) is 43.1 Å². The molecule has 0 saturated carbocycles. The number of nitrogens with one attached hydrogen (secondary N) is 1. The van der Waals surface area contributed by atoms with E-state index in [1.54, 1.807) is 6.92 Å². The van der Waals surface area contributed by atoms with Crippen LogP contribution in [-0.2, 0) is 6.18 Å². The van der Waals surface area contributed by atoms with Crippen LogP contribution in [0.3, 0.4) is 0 Å². The van der Waals surface area contributed by atoms with Gasteiger partial charge in [0.05, 0.1) is 5.56 Å². The SMILES string of the molecule is CC(=C1CCNCC1)c1ccc(N)cc1C(F)(F)F. The van der Waals surface area contributed by atoms with E-state index in [0.29, 0.717) is 0 Å². The first-order chi connectivity index (χ1) is 8.89. The number of hydrogen-bond donors (Lipinski definition) is 2. The lowest BCUT2D eigenvalue weighted by Gasteiger charge is -2.21. The van der Waals surface area contributed by atoms with E-state index in [1.165, 1.54) is 12.1 Å². The van der Waals surface area contributed by atoms with Gasteiger partial charge >= 0.3 is 6.18 Å². The summed E-state index contributed by atoms with van der Waals surface area (Å²) in [4.78, 5) is 0. The summed E-state index contributed by atoms with van der Waals surface area (Å²) in [6.07, 6.45) is -2.78. The van der Waals surface area contributed by atoms with Crippen molar-refractivity contribution in [3.8, 4) is 0 Å². The molecular weight excluding hydrogens is 253 g/mol. The normalized spacial score (nSPS) is 16.5. The van der Waals surface area contributed by atoms with E-state index >= 15 is 0 Å². The molecular formula is C14H17F3N2. The fraction of sp³-hybridized carbons (Fsp3) is 0.429. The highest BCUT2D eigenvalue weighted by Gasteiger charge is 2.34. The zero-order valence-electron chi connectivity index (χ0n) is 10.8. The van der Waals surface area contributed by atoms with Gasteiger partial charge in [-0.2, -0.15) is 13.2 Å². The Morgan fingerprint density at radius 2 is 1.84 bits per heavy atom. The van der Waals surface area contributed by atoms with Crippen molar-refractivity contribution in [2.45, 2.75) is 25.9 Å². The molecule has 104 valence electrons. The Morgan fingerprint density at radius 1 is 1.21 bits per heavy atom. The zero-order chi connectivity index (χ0) is 14.0. The maximum atomic E-state index is 13.1. The monoisotopic (exact) mass is 270 g/mol. The Kier molecular flexibility index (Phi) is 3.85. The van der Waals surface area contributed by atoms with Gasteiger partial charge < -0.3 is 11.1 Å². The van der Waals surface area contributed by atoms with Crippen LogP contribution in [0.2, 0.25) is 0 Å². The van der Waals surface area contributed by atoms with E-state index in [4.69, 9.17) is 5.73 Å². The van der Waals surface area contributed by atoms with E-state index < -0.39 is 11.7 Å². The van der Waals surface area contributed by atoms with Gasteiger partial charge in [0.1, 0.15) is 0 Å². The summed E-state index contributed by atoms with van der Waals surface area (Å²) in [5.41, 5.74) is 7.04. The number of nitrogen functional groups attached to an aromatic ring is 1. The summed E-state index contributed by atoms with van der Waals surface area (Å²) in [7, 11) is 0. The highest BCUT2D eigenvalue weighted by atomic mass is 19.4. The number of anilines is 1. The number of alkyl halides is 3. The molecule has 0 aliphatic carbocycles. The van der Waals surface area contributed by atoms with Gasteiger partial charge in [0.15, 0.2) is 0 Å². The second-order valence-corrected chi connectivity index (χ2v) is 4.78. The topological polar surface area (TPSA) is 38.0 Å². The third-order valence-electron chi connectivity index (χ3n) is 3.49. The smallest absolute Gasteiger partial charge is 0.399 e. The molecule has 0 unspecified atom stereocenters. The van der Waals surface area contributed by atoms with E-state index in [-0.39, 0.29) is 11.3 Å². The van der Waals surface area contributed by atoms with Gasteiger partial charge in [0.2, 0.25) is 0 Å². The summed E-state index contributed by atoms with van der Waals surface area (Å²) in [5, 5.41) is 3.20. The molecule has 2 nitrogen and oxygen atoms in total. The van der Waals surface area contributed by atoms with Crippen LogP contribution in [0.5, 0.6) is 0 Å². The Bertz CT molecular complexity index is 496. The molecule has 0 bridgehead atoms. The van der Waals surface area contributed by atoms with Gasteiger partial charge in [-0.25, -0.2) is 0 Å². The van der Waals surface area contributed by atoms with Crippen LogP contribution in [0.1, 0.15) is 30.9 Å². The maximum absolute atomic E-state index is 13.1. The zero-order valence-corrected chi connectivity index (χ0v) is 10.8. The molecule has 1 aromatic rings. The molecule has 5 heteroatoms. The average molecular weight is 270 g/mol. The molecule has 0 amide bonds. The van der Waals surface area contributed by atoms with E-state index in [9.17, 15) is 13.2 Å². The number of halogens is 3. The maximum Gasteiger partial charge on any atom is 0.417 e. The third-order valence-corrected chi connectivity index (χ3v) is 3.49. The Hall–Kier alpha value is -1.49. The van der Waals surface area contributed by atoms with Gasteiger partial charge in [0.25, 0.3) is 0 Å². The highest BCUT2D eigenvalue weighted by molar-refractivity contribution is 5.72. The first kappa shape index (κ1) is 13.9. The van der Waals surface area contributed by atoms with Crippen molar-refractivity contribution in [2.24, 2.45) is 0 Å². The summed E-state index contributed by atoms with van der Waals surface area (Å²) in [6, 6.07) is 4.01. The largest absolute Gasteiger partial charge is 0.417 e. The summed E-state index contributed by atoms with van der Waals surface area (Å²) < 4.78 is 39.2. The minimum Gasteiger partial charge on any atom is -0.399 e. The van der Waals surface area contributed by atoms with Crippen molar-refractivity contribution < 1.29 is 13.2 Å². The number of nitrogens with two attached hydrogens (primary N) is 1. The molecule has 1 aromatic carbocycles. The molecule has 1 aliphatic heterocycles. The molecule has 2 rings (SSSR count). The lowest BCUT2D eigenvalue weighted by Crippen LogP contribution is -2.23. The number of piperidine rings is 1. The predicted octanol–water partition coefficient (Wildman–Crippen LogP) is 3.44. The molecule has 1 aliphatic rings. The van der Waals surface area contributed by atoms with Crippen LogP contribution in [0.4, 0.5) is 18.9 Å².